The van der Waals surface area contributed by atoms with Gasteiger partial charge in [-0.1, -0.05) is 13.0 Å². The van der Waals surface area contributed by atoms with E-state index in [0.29, 0.717) is 31.3 Å². The Labute approximate surface area is 120 Å². The molecule has 2 N–H and O–H groups in total. The van der Waals surface area contributed by atoms with Crippen LogP contribution in [0.5, 0.6) is 5.75 Å². The van der Waals surface area contributed by atoms with Gasteiger partial charge in [0, 0.05) is 19.6 Å². The summed E-state index contributed by atoms with van der Waals surface area (Å²) in [4.78, 5) is 0.219. The third-order valence-electron chi connectivity index (χ3n) is 3.70. The van der Waals surface area contributed by atoms with E-state index in [4.69, 9.17) is 10.5 Å². The Bertz CT molecular complexity index is 572. The highest BCUT2D eigenvalue weighted by Gasteiger charge is 2.31. The normalized spacial score (nSPS) is 20.9. The molecule has 0 aromatic heterocycles. The number of benzene rings is 1. The number of nitrogens with two attached hydrogens (primary N) is 1. The highest BCUT2D eigenvalue weighted by Crippen LogP contribution is 2.30. The molecule has 6 heteroatoms. The number of nitrogens with zero attached hydrogens (tertiary/aromatic N) is 1. The zero-order chi connectivity index (χ0) is 14.8. The Balaban J connectivity index is 2.42. The van der Waals surface area contributed by atoms with E-state index in [9.17, 15) is 8.42 Å². The molecule has 5 nitrogen and oxygen atoms in total. The van der Waals surface area contributed by atoms with E-state index in [1.165, 1.54) is 7.11 Å². The molecule has 1 aromatic rings. The third-order valence-corrected chi connectivity index (χ3v) is 5.59. The first kappa shape index (κ1) is 15.3. The van der Waals surface area contributed by atoms with Gasteiger partial charge in [0.25, 0.3) is 0 Å². The molecule has 0 spiro atoms. The summed E-state index contributed by atoms with van der Waals surface area (Å²) in [5, 5.41) is 0. The van der Waals surface area contributed by atoms with Crippen molar-refractivity contribution in [3.05, 3.63) is 23.8 Å². The monoisotopic (exact) mass is 298 g/mol. The van der Waals surface area contributed by atoms with E-state index in [2.05, 4.69) is 6.92 Å². The van der Waals surface area contributed by atoms with Crippen molar-refractivity contribution in [2.75, 3.05) is 20.2 Å². The lowest BCUT2D eigenvalue weighted by molar-refractivity contribution is 0.280. The van der Waals surface area contributed by atoms with E-state index in [1.54, 1.807) is 22.5 Å². The highest BCUT2D eigenvalue weighted by molar-refractivity contribution is 7.89. The molecule has 0 amide bonds. The quantitative estimate of drug-likeness (QED) is 0.916. The second-order valence-corrected chi connectivity index (χ2v) is 7.21. The summed E-state index contributed by atoms with van der Waals surface area (Å²) in [6.45, 7) is 3.53. The first-order valence-corrected chi connectivity index (χ1v) is 8.30. The van der Waals surface area contributed by atoms with Crippen LogP contribution in [0, 0.1) is 5.92 Å². The summed E-state index contributed by atoms with van der Waals surface area (Å²) in [5.74, 6) is 0.766. The molecule has 0 saturated carbocycles. The van der Waals surface area contributed by atoms with Gasteiger partial charge in [-0.3, -0.25) is 0 Å². The summed E-state index contributed by atoms with van der Waals surface area (Å²) in [7, 11) is -2.04. The number of ether oxygens (including phenoxy) is 1. The van der Waals surface area contributed by atoms with Gasteiger partial charge in [0.2, 0.25) is 10.0 Å². The Morgan fingerprint density at radius 2 is 2.20 bits per heavy atom. The molecule has 1 aliphatic rings. The molecular formula is C14H22N2O3S. The van der Waals surface area contributed by atoms with E-state index < -0.39 is 10.0 Å². The van der Waals surface area contributed by atoms with Crippen LogP contribution in [0.2, 0.25) is 0 Å². The van der Waals surface area contributed by atoms with Gasteiger partial charge in [-0.15, -0.1) is 0 Å². The molecule has 1 fully saturated rings. The van der Waals surface area contributed by atoms with Crippen LogP contribution in [0.3, 0.4) is 0 Å². The zero-order valence-corrected chi connectivity index (χ0v) is 12.8. The first-order chi connectivity index (χ1) is 9.48. The summed E-state index contributed by atoms with van der Waals surface area (Å²) >= 11 is 0. The number of piperidine rings is 1. The maximum atomic E-state index is 12.8. The summed E-state index contributed by atoms with van der Waals surface area (Å²) in [6, 6.07) is 5.08. The van der Waals surface area contributed by atoms with Crippen LogP contribution in [0.15, 0.2) is 23.1 Å². The molecule has 1 heterocycles. The molecule has 1 aliphatic heterocycles. The molecule has 0 bridgehead atoms. The van der Waals surface area contributed by atoms with Crippen molar-refractivity contribution in [1.29, 1.82) is 0 Å². The first-order valence-electron chi connectivity index (χ1n) is 6.86. The summed E-state index contributed by atoms with van der Waals surface area (Å²) in [5.41, 5.74) is 6.39. The van der Waals surface area contributed by atoms with Crippen LogP contribution in [-0.2, 0) is 16.6 Å². The van der Waals surface area contributed by atoms with Gasteiger partial charge in [-0.25, -0.2) is 8.42 Å². The van der Waals surface area contributed by atoms with Gasteiger partial charge in [0.15, 0.2) is 0 Å². The second-order valence-electron chi connectivity index (χ2n) is 5.30. The number of methoxy groups -OCH3 is 1. The lowest BCUT2D eigenvalue weighted by Gasteiger charge is -2.30. The minimum atomic E-state index is -3.52. The largest absolute Gasteiger partial charge is 0.495 e. The fraction of sp³-hybridized carbons (Fsp3) is 0.571. The topological polar surface area (TPSA) is 72.6 Å². The summed E-state index contributed by atoms with van der Waals surface area (Å²) in [6.07, 6.45) is 1.98. The Morgan fingerprint density at radius 3 is 2.80 bits per heavy atom. The van der Waals surface area contributed by atoms with Gasteiger partial charge in [-0.05, 0) is 36.5 Å². The third kappa shape index (κ3) is 2.97. The fourth-order valence-corrected chi connectivity index (χ4v) is 4.36. The van der Waals surface area contributed by atoms with E-state index in [0.717, 1.165) is 18.4 Å². The predicted octanol–water partition coefficient (Wildman–Crippen LogP) is 1.57. The van der Waals surface area contributed by atoms with Gasteiger partial charge in [-0.2, -0.15) is 4.31 Å². The number of hydrogen-bond donors (Lipinski definition) is 1. The van der Waals surface area contributed by atoms with Crippen molar-refractivity contribution in [3.63, 3.8) is 0 Å². The van der Waals surface area contributed by atoms with Gasteiger partial charge < -0.3 is 10.5 Å². The molecule has 1 atom stereocenters. The molecule has 2 rings (SSSR count). The molecule has 1 saturated heterocycles. The maximum Gasteiger partial charge on any atom is 0.246 e. The number of hydrogen-bond acceptors (Lipinski definition) is 4. The molecular weight excluding hydrogens is 276 g/mol. The molecule has 112 valence electrons. The van der Waals surface area contributed by atoms with Crippen LogP contribution >= 0.6 is 0 Å². The Hall–Kier alpha value is -1.11. The SMILES string of the molecule is COc1ccc(CN)cc1S(=O)(=O)N1CCCC(C)C1. The standard InChI is InChI=1S/C14H22N2O3S/c1-11-4-3-7-16(10-11)20(17,18)14-8-12(9-15)5-6-13(14)19-2/h5-6,8,11H,3-4,7,9-10,15H2,1-2H3. The van der Waals surface area contributed by atoms with Gasteiger partial charge >= 0.3 is 0 Å². The minimum Gasteiger partial charge on any atom is -0.495 e. The lowest BCUT2D eigenvalue weighted by Crippen LogP contribution is -2.39. The number of sulfonamides is 1. The van der Waals surface area contributed by atoms with Crippen molar-refractivity contribution in [3.8, 4) is 5.75 Å². The average Bonchev–Trinajstić information content (AvgIpc) is 2.46. The second kappa shape index (κ2) is 6.11. The van der Waals surface area contributed by atoms with Crippen LogP contribution in [0.25, 0.3) is 0 Å². The van der Waals surface area contributed by atoms with Crippen LogP contribution < -0.4 is 10.5 Å². The van der Waals surface area contributed by atoms with Gasteiger partial charge in [0.05, 0.1) is 7.11 Å². The predicted molar refractivity (Wildman–Crippen MR) is 78.0 cm³/mol. The van der Waals surface area contributed by atoms with Crippen LogP contribution in [-0.4, -0.2) is 32.9 Å². The molecule has 0 aliphatic carbocycles. The Kier molecular flexibility index (Phi) is 4.67. The van der Waals surface area contributed by atoms with Crippen LogP contribution in [0.4, 0.5) is 0 Å². The Morgan fingerprint density at radius 1 is 1.45 bits per heavy atom. The zero-order valence-electron chi connectivity index (χ0n) is 12.0. The number of rotatable bonds is 4. The van der Waals surface area contributed by atoms with Gasteiger partial charge in [0.1, 0.15) is 10.6 Å². The van der Waals surface area contributed by atoms with Crippen molar-refractivity contribution < 1.29 is 13.2 Å². The van der Waals surface area contributed by atoms with Crippen molar-refractivity contribution >= 4 is 10.0 Å². The van der Waals surface area contributed by atoms with Crippen molar-refractivity contribution in [2.45, 2.75) is 31.2 Å². The minimum absolute atomic E-state index is 0.219. The smallest absolute Gasteiger partial charge is 0.246 e. The molecule has 1 unspecified atom stereocenters. The molecule has 1 aromatic carbocycles. The van der Waals surface area contributed by atoms with Crippen molar-refractivity contribution in [1.82, 2.24) is 4.31 Å². The summed E-state index contributed by atoms with van der Waals surface area (Å²) < 4.78 is 32.3. The highest BCUT2D eigenvalue weighted by atomic mass is 32.2. The molecule has 0 radical (unpaired) electrons. The van der Waals surface area contributed by atoms with E-state index in [1.807, 2.05) is 0 Å². The average molecular weight is 298 g/mol. The van der Waals surface area contributed by atoms with E-state index in [-0.39, 0.29) is 4.90 Å². The lowest BCUT2D eigenvalue weighted by atomic mass is 10.0. The maximum absolute atomic E-state index is 12.8. The fourth-order valence-electron chi connectivity index (χ4n) is 2.55. The van der Waals surface area contributed by atoms with Crippen LogP contribution in [0.1, 0.15) is 25.3 Å². The molecule has 20 heavy (non-hydrogen) atoms. The van der Waals surface area contributed by atoms with Crippen molar-refractivity contribution in [2.24, 2.45) is 11.7 Å². The van der Waals surface area contributed by atoms with E-state index >= 15 is 0 Å².